The number of hydrogen-bond donors (Lipinski definition) is 1. The molecule has 1 aromatic carbocycles. The molecule has 2 heterocycles. The lowest BCUT2D eigenvalue weighted by molar-refractivity contribution is -0.00569. The Balaban J connectivity index is 2.00. The lowest BCUT2D eigenvalue weighted by atomic mass is 10.2. The first-order valence-electron chi connectivity index (χ1n) is 6.56. The highest BCUT2D eigenvalue weighted by atomic mass is 16.5. The minimum absolute atomic E-state index is 0.181. The van der Waals surface area contributed by atoms with Gasteiger partial charge in [0.25, 0.3) is 0 Å². The molecule has 2 N–H and O–H groups in total. The molecule has 1 saturated heterocycles. The second-order valence-electron chi connectivity index (χ2n) is 5.09. The summed E-state index contributed by atoms with van der Waals surface area (Å²) in [5.41, 5.74) is 6.91. The Hall–Kier alpha value is -1.88. The Morgan fingerprint density at radius 1 is 1.16 bits per heavy atom. The fourth-order valence-corrected chi connectivity index (χ4v) is 2.57. The van der Waals surface area contributed by atoms with Crippen LogP contribution in [0.25, 0.3) is 10.9 Å². The number of aromatic nitrogens is 2. The predicted octanol–water partition coefficient (Wildman–Crippen LogP) is 1.83. The number of morpholine rings is 1. The second-order valence-corrected chi connectivity index (χ2v) is 5.09. The summed E-state index contributed by atoms with van der Waals surface area (Å²) in [5, 5.41) is 0.903. The van der Waals surface area contributed by atoms with Gasteiger partial charge in [-0.2, -0.15) is 4.98 Å². The average Bonchev–Trinajstić information content (AvgIpc) is 2.37. The topological polar surface area (TPSA) is 64.3 Å². The van der Waals surface area contributed by atoms with Crippen molar-refractivity contribution in [2.45, 2.75) is 26.1 Å². The van der Waals surface area contributed by atoms with Gasteiger partial charge in [-0.15, -0.1) is 0 Å². The van der Waals surface area contributed by atoms with Gasteiger partial charge in [0.2, 0.25) is 5.95 Å². The molecule has 0 bridgehead atoms. The maximum atomic E-state index is 6.02. The van der Waals surface area contributed by atoms with E-state index in [9.17, 15) is 0 Å². The monoisotopic (exact) mass is 258 g/mol. The van der Waals surface area contributed by atoms with Crippen molar-refractivity contribution >= 4 is 22.7 Å². The minimum atomic E-state index is 0.181. The zero-order valence-corrected chi connectivity index (χ0v) is 11.2. The van der Waals surface area contributed by atoms with Crippen molar-refractivity contribution in [3.05, 3.63) is 24.3 Å². The first kappa shape index (κ1) is 12.2. The Bertz CT molecular complexity index is 591. The molecule has 1 aromatic heterocycles. The molecule has 1 aliphatic heterocycles. The third kappa shape index (κ3) is 2.33. The number of anilines is 2. The molecule has 0 aliphatic carbocycles. The quantitative estimate of drug-likeness (QED) is 0.845. The summed E-state index contributed by atoms with van der Waals surface area (Å²) >= 11 is 0. The van der Waals surface area contributed by atoms with Crippen LogP contribution < -0.4 is 10.6 Å². The molecule has 19 heavy (non-hydrogen) atoms. The van der Waals surface area contributed by atoms with Gasteiger partial charge >= 0.3 is 0 Å². The lowest BCUT2D eigenvalue weighted by Gasteiger charge is -2.35. The molecule has 0 saturated carbocycles. The summed E-state index contributed by atoms with van der Waals surface area (Å²) in [6.07, 6.45) is 0.361. The number of nitrogens with two attached hydrogens (primary N) is 1. The van der Waals surface area contributed by atoms with Gasteiger partial charge in [-0.1, -0.05) is 12.1 Å². The lowest BCUT2D eigenvalue weighted by Crippen LogP contribution is -2.46. The summed E-state index contributed by atoms with van der Waals surface area (Å²) < 4.78 is 5.73. The Labute approximate surface area is 112 Å². The maximum Gasteiger partial charge on any atom is 0.228 e. The zero-order valence-electron chi connectivity index (χ0n) is 11.2. The van der Waals surface area contributed by atoms with Gasteiger partial charge in [-0.05, 0) is 26.0 Å². The third-order valence-electron chi connectivity index (χ3n) is 3.32. The van der Waals surface area contributed by atoms with Gasteiger partial charge < -0.3 is 15.4 Å². The molecule has 1 fully saturated rings. The van der Waals surface area contributed by atoms with Crippen LogP contribution in [0.3, 0.4) is 0 Å². The molecule has 3 rings (SSSR count). The van der Waals surface area contributed by atoms with Gasteiger partial charge in [0.05, 0.1) is 17.7 Å². The van der Waals surface area contributed by atoms with Crippen LogP contribution >= 0.6 is 0 Å². The van der Waals surface area contributed by atoms with E-state index >= 15 is 0 Å². The molecule has 5 heteroatoms. The smallest absolute Gasteiger partial charge is 0.228 e. The van der Waals surface area contributed by atoms with Crippen LogP contribution in [0.2, 0.25) is 0 Å². The van der Waals surface area contributed by atoms with E-state index in [0.29, 0.717) is 11.8 Å². The first-order valence-corrected chi connectivity index (χ1v) is 6.56. The van der Waals surface area contributed by atoms with E-state index in [-0.39, 0.29) is 12.2 Å². The van der Waals surface area contributed by atoms with Crippen molar-refractivity contribution in [3.63, 3.8) is 0 Å². The average molecular weight is 258 g/mol. The number of rotatable bonds is 1. The highest BCUT2D eigenvalue weighted by Gasteiger charge is 2.24. The van der Waals surface area contributed by atoms with Gasteiger partial charge in [-0.25, -0.2) is 4.98 Å². The van der Waals surface area contributed by atoms with Crippen LogP contribution in [0.15, 0.2) is 24.3 Å². The number of para-hydroxylation sites is 1. The van der Waals surface area contributed by atoms with Crippen molar-refractivity contribution in [1.29, 1.82) is 0 Å². The fourth-order valence-electron chi connectivity index (χ4n) is 2.57. The molecular weight excluding hydrogens is 240 g/mol. The number of ether oxygens (including phenoxy) is 1. The van der Waals surface area contributed by atoms with Crippen molar-refractivity contribution < 1.29 is 4.74 Å². The summed E-state index contributed by atoms with van der Waals surface area (Å²) in [7, 11) is 0. The SMILES string of the molecule is CC1CN(c2nc(N)c3ccccc3n2)CC(C)O1. The molecule has 2 atom stereocenters. The molecule has 2 aromatic rings. The zero-order chi connectivity index (χ0) is 13.4. The summed E-state index contributed by atoms with van der Waals surface area (Å²) in [5.74, 6) is 1.23. The van der Waals surface area contributed by atoms with E-state index in [1.165, 1.54) is 0 Å². The molecular formula is C14H18N4O. The molecule has 0 radical (unpaired) electrons. The van der Waals surface area contributed by atoms with Crippen LogP contribution in [0, 0.1) is 0 Å². The number of benzene rings is 1. The number of nitrogens with zero attached hydrogens (tertiary/aromatic N) is 3. The fraction of sp³-hybridized carbons (Fsp3) is 0.429. The van der Waals surface area contributed by atoms with E-state index in [1.54, 1.807) is 0 Å². The number of nitrogen functional groups attached to an aromatic ring is 1. The largest absolute Gasteiger partial charge is 0.383 e. The summed E-state index contributed by atoms with van der Waals surface area (Å²) in [6.45, 7) is 5.71. The molecule has 2 unspecified atom stereocenters. The molecule has 1 aliphatic rings. The van der Waals surface area contributed by atoms with Crippen molar-refractivity contribution in [2.24, 2.45) is 0 Å². The van der Waals surface area contributed by atoms with Crippen LogP contribution in [0.4, 0.5) is 11.8 Å². The normalized spacial score (nSPS) is 23.8. The van der Waals surface area contributed by atoms with Crippen LogP contribution in [-0.2, 0) is 4.74 Å². The molecule has 5 nitrogen and oxygen atoms in total. The standard InChI is InChI=1S/C14H18N4O/c1-9-7-18(8-10(2)19-9)14-16-12-6-4-3-5-11(12)13(15)17-14/h3-6,9-10H,7-8H2,1-2H3,(H2,15,16,17). The highest BCUT2D eigenvalue weighted by Crippen LogP contribution is 2.23. The van der Waals surface area contributed by atoms with Crippen LogP contribution in [0.5, 0.6) is 0 Å². The van der Waals surface area contributed by atoms with Gasteiger partial charge in [0, 0.05) is 18.5 Å². The van der Waals surface area contributed by atoms with E-state index in [2.05, 4.69) is 28.7 Å². The third-order valence-corrected chi connectivity index (χ3v) is 3.32. The van der Waals surface area contributed by atoms with E-state index in [4.69, 9.17) is 10.5 Å². The second kappa shape index (κ2) is 4.66. The Morgan fingerprint density at radius 3 is 2.58 bits per heavy atom. The summed E-state index contributed by atoms with van der Waals surface area (Å²) in [6, 6.07) is 7.81. The predicted molar refractivity (Wildman–Crippen MR) is 76.2 cm³/mol. The Morgan fingerprint density at radius 2 is 1.84 bits per heavy atom. The first-order chi connectivity index (χ1) is 9.13. The highest BCUT2D eigenvalue weighted by molar-refractivity contribution is 5.88. The Kier molecular flexibility index (Phi) is 2.98. The van der Waals surface area contributed by atoms with E-state index < -0.39 is 0 Å². The van der Waals surface area contributed by atoms with Crippen molar-refractivity contribution in [2.75, 3.05) is 23.7 Å². The van der Waals surface area contributed by atoms with Gasteiger partial charge in [-0.3, -0.25) is 0 Å². The molecule has 100 valence electrons. The molecule has 0 spiro atoms. The summed E-state index contributed by atoms with van der Waals surface area (Å²) in [4.78, 5) is 11.2. The number of fused-ring (bicyclic) bond motifs is 1. The van der Waals surface area contributed by atoms with Crippen molar-refractivity contribution in [1.82, 2.24) is 9.97 Å². The minimum Gasteiger partial charge on any atom is -0.383 e. The van der Waals surface area contributed by atoms with Crippen LogP contribution in [0.1, 0.15) is 13.8 Å². The van der Waals surface area contributed by atoms with E-state index in [1.807, 2.05) is 24.3 Å². The number of hydrogen-bond acceptors (Lipinski definition) is 5. The van der Waals surface area contributed by atoms with E-state index in [0.717, 1.165) is 24.0 Å². The maximum absolute atomic E-state index is 6.02. The van der Waals surface area contributed by atoms with Crippen LogP contribution in [-0.4, -0.2) is 35.3 Å². The van der Waals surface area contributed by atoms with Gasteiger partial charge in [0.1, 0.15) is 5.82 Å². The molecule has 0 amide bonds. The van der Waals surface area contributed by atoms with Crippen molar-refractivity contribution in [3.8, 4) is 0 Å². The van der Waals surface area contributed by atoms with Gasteiger partial charge in [0.15, 0.2) is 0 Å².